The fourth-order valence-electron chi connectivity index (χ4n) is 2.89. The molecule has 0 bridgehead atoms. The van der Waals surface area contributed by atoms with Crippen LogP contribution in [0.1, 0.15) is 57.5 Å². The lowest BCUT2D eigenvalue weighted by Crippen LogP contribution is -2.06. The zero-order chi connectivity index (χ0) is 15.4. The standard InChI is InChI=1S/C16H27ClN4/c1-12(2)9-7-5-6-8-10-21-14(11-17)18-15-13(3)19-20(4)16(15)21/h12H,5-11H2,1-4H3. The van der Waals surface area contributed by atoms with E-state index >= 15 is 0 Å². The van der Waals surface area contributed by atoms with Gasteiger partial charge in [0, 0.05) is 13.6 Å². The zero-order valence-electron chi connectivity index (χ0n) is 13.7. The molecule has 118 valence electrons. The van der Waals surface area contributed by atoms with Crippen molar-refractivity contribution in [3.63, 3.8) is 0 Å². The van der Waals surface area contributed by atoms with E-state index < -0.39 is 0 Å². The van der Waals surface area contributed by atoms with Crippen LogP contribution in [0.2, 0.25) is 0 Å². The van der Waals surface area contributed by atoms with E-state index in [0.717, 1.165) is 35.1 Å². The Labute approximate surface area is 132 Å². The van der Waals surface area contributed by atoms with E-state index in [4.69, 9.17) is 11.6 Å². The number of hydrogen-bond donors (Lipinski definition) is 0. The summed E-state index contributed by atoms with van der Waals surface area (Å²) in [5, 5.41) is 4.45. The third kappa shape index (κ3) is 3.79. The van der Waals surface area contributed by atoms with Gasteiger partial charge in [0.05, 0.1) is 11.6 Å². The van der Waals surface area contributed by atoms with Crippen LogP contribution in [0.15, 0.2) is 0 Å². The molecule has 0 amide bonds. The lowest BCUT2D eigenvalue weighted by atomic mass is 10.0. The SMILES string of the molecule is Cc1nn(C)c2c1nc(CCl)n2CCCCCCC(C)C. The molecule has 21 heavy (non-hydrogen) atoms. The molecule has 0 aliphatic carbocycles. The normalized spacial score (nSPS) is 11.9. The highest BCUT2D eigenvalue weighted by molar-refractivity contribution is 6.16. The minimum Gasteiger partial charge on any atom is -0.312 e. The van der Waals surface area contributed by atoms with Crippen LogP contribution in [0.5, 0.6) is 0 Å². The number of unbranched alkanes of at least 4 members (excludes halogenated alkanes) is 3. The number of hydrogen-bond acceptors (Lipinski definition) is 2. The minimum atomic E-state index is 0.460. The Morgan fingerprint density at radius 3 is 2.52 bits per heavy atom. The quantitative estimate of drug-likeness (QED) is 0.534. The lowest BCUT2D eigenvalue weighted by Gasteiger charge is -2.08. The molecule has 0 atom stereocenters. The van der Waals surface area contributed by atoms with Gasteiger partial charge in [0.25, 0.3) is 0 Å². The first kappa shape index (κ1) is 16.3. The van der Waals surface area contributed by atoms with Gasteiger partial charge in [-0.1, -0.05) is 39.5 Å². The molecule has 2 aromatic rings. The number of alkyl halides is 1. The summed E-state index contributed by atoms with van der Waals surface area (Å²) in [6.45, 7) is 7.57. The maximum atomic E-state index is 6.05. The van der Waals surface area contributed by atoms with Crippen LogP contribution in [0.4, 0.5) is 0 Å². The molecule has 0 saturated carbocycles. The number of aryl methyl sites for hydroxylation is 3. The molecule has 0 fully saturated rings. The summed E-state index contributed by atoms with van der Waals surface area (Å²) in [6, 6.07) is 0. The van der Waals surface area contributed by atoms with Gasteiger partial charge >= 0.3 is 0 Å². The molecule has 0 radical (unpaired) electrons. The minimum absolute atomic E-state index is 0.460. The number of rotatable bonds is 8. The fraction of sp³-hybridized carbons (Fsp3) is 0.750. The Hall–Kier alpha value is -1.03. The van der Waals surface area contributed by atoms with E-state index in [1.807, 2.05) is 18.7 Å². The van der Waals surface area contributed by atoms with Crippen LogP contribution in [-0.4, -0.2) is 19.3 Å². The summed E-state index contributed by atoms with van der Waals surface area (Å²) in [7, 11) is 1.98. The van der Waals surface area contributed by atoms with E-state index in [1.165, 1.54) is 32.1 Å². The molecule has 0 saturated heterocycles. The van der Waals surface area contributed by atoms with Crippen molar-refractivity contribution in [2.75, 3.05) is 0 Å². The number of halogens is 1. The molecule has 2 rings (SSSR count). The van der Waals surface area contributed by atoms with Gasteiger partial charge in [-0.3, -0.25) is 4.68 Å². The Kier molecular flexibility index (Phi) is 5.68. The smallest absolute Gasteiger partial charge is 0.158 e. The van der Waals surface area contributed by atoms with Crippen LogP contribution in [-0.2, 0) is 19.5 Å². The second-order valence-electron chi connectivity index (χ2n) is 6.29. The maximum Gasteiger partial charge on any atom is 0.158 e. The van der Waals surface area contributed by atoms with Crippen molar-refractivity contribution in [2.24, 2.45) is 13.0 Å². The average molecular weight is 311 g/mol. The van der Waals surface area contributed by atoms with Gasteiger partial charge < -0.3 is 4.57 Å². The van der Waals surface area contributed by atoms with E-state index in [0.29, 0.717) is 5.88 Å². The van der Waals surface area contributed by atoms with Crippen molar-refractivity contribution in [2.45, 2.75) is 65.3 Å². The third-order valence-corrected chi connectivity index (χ3v) is 4.24. The highest BCUT2D eigenvalue weighted by atomic mass is 35.5. The van der Waals surface area contributed by atoms with Gasteiger partial charge in [0.2, 0.25) is 0 Å². The maximum absolute atomic E-state index is 6.05. The van der Waals surface area contributed by atoms with Crippen molar-refractivity contribution < 1.29 is 0 Å². The first-order valence-corrected chi connectivity index (χ1v) is 8.52. The van der Waals surface area contributed by atoms with Crippen LogP contribution >= 0.6 is 11.6 Å². The van der Waals surface area contributed by atoms with Crippen LogP contribution in [0, 0.1) is 12.8 Å². The van der Waals surface area contributed by atoms with Crippen molar-refractivity contribution >= 4 is 22.8 Å². The number of fused-ring (bicyclic) bond motifs is 1. The molecule has 0 unspecified atom stereocenters. The summed E-state index contributed by atoms with van der Waals surface area (Å²) >= 11 is 6.05. The summed E-state index contributed by atoms with van der Waals surface area (Å²) in [6.07, 6.45) is 6.44. The molecule has 5 heteroatoms. The van der Waals surface area contributed by atoms with E-state index in [-0.39, 0.29) is 0 Å². The molecular formula is C16H27ClN4. The molecule has 0 N–H and O–H groups in total. The van der Waals surface area contributed by atoms with Gasteiger partial charge in [-0.05, 0) is 19.3 Å². The van der Waals surface area contributed by atoms with Gasteiger partial charge in [-0.15, -0.1) is 11.6 Å². The summed E-state index contributed by atoms with van der Waals surface area (Å²) in [5.41, 5.74) is 3.08. The van der Waals surface area contributed by atoms with Crippen LogP contribution < -0.4 is 0 Å². The van der Waals surface area contributed by atoms with Gasteiger partial charge in [0.15, 0.2) is 5.65 Å². The van der Waals surface area contributed by atoms with Crippen LogP contribution in [0.3, 0.4) is 0 Å². The topological polar surface area (TPSA) is 35.6 Å². The fourth-order valence-corrected chi connectivity index (χ4v) is 3.10. The highest BCUT2D eigenvalue weighted by Crippen LogP contribution is 2.21. The van der Waals surface area contributed by atoms with Crippen molar-refractivity contribution in [3.8, 4) is 0 Å². The largest absolute Gasteiger partial charge is 0.312 e. The Morgan fingerprint density at radius 1 is 1.14 bits per heavy atom. The predicted molar refractivity (Wildman–Crippen MR) is 88.7 cm³/mol. The van der Waals surface area contributed by atoms with E-state index in [1.54, 1.807) is 0 Å². The molecule has 4 nitrogen and oxygen atoms in total. The monoisotopic (exact) mass is 310 g/mol. The molecule has 0 spiro atoms. The van der Waals surface area contributed by atoms with E-state index in [2.05, 4.69) is 28.5 Å². The van der Waals surface area contributed by atoms with Crippen molar-refractivity contribution in [1.82, 2.24) is 19.3 Å². The molecule has 2 aromatic heterocycles. The Bertz CT molecular complexity index is 583. The molecule has 0 aliphatic heterocycles. The number of nitrogens with zero attached hydrogens (tertiary/aromatic N) is 4. The Morgan fingerprint density at radius 2 is 1.86 bits per heavy atom. The van der Waals surface area contributed by atoms with Gasteiger partial charge in [-0.25, -0.2) is 4.98 Å². The summed E-state index contributed by atoms with van der Waals surface area (Å²) in [5.74, 6) is 2.24. The number of imidazole rings is 1. The molecule has 0 aliphatic rings. The first-order chi connectivity index (χ1) is 10.0. The second kappa shape index (κ2) is 7.30. The van der Waals surface area contributed by atoms with Crippen molar-refractivity contribution in [1.29, 1.82) is 0 Å². The van der Waals surface area contributed by atoms with E-state index in [9.17, 15) is 0 Å². The Balaban J connectivity index is 1.97. The molecule has 2 heterocycles. The van der Waals surface area contributed by atoms with Crippen molar-refractivity contribution in [3.05, 3.63) is 11.5 Å². The van der Waals surface area contributed by atoms with Crippen LogP contribution in [0.25, 0.3) is 11.2 Å². The first-order valence-electron chi connectivity index (χ1n) is 7.99. The number of aromatic nitrogens is 4. The third-order valence-electron chi connectivity index (χ3n) is 4.00. The molecular weight excluding hydrogens is 284 g/mol. The van der Waals surface area contributed by atoms with Gasteiger partial charge in [-0.2, -0.15) is 5.10 Å². The lowest BCUT2D eigenvalue weighted by molar-refractivity contribution is 0.503. The van der Waals surface area contributed by atoms with Gasteiger partial charge in [0.1, 0.15) is 11.3 Å². The predicted octanol–water partition coefficient (Wildman–Crippen LogP) is 4.42. The zero-order valence-corrected chi connectivity index (χ0v) is 14.4. The summed E-state index contributed by atoms with van der Waals surface area (Å²) < 4.78 is 4.16. The highest BCUT2D eigenvalue weighted by Gasteiger charge is 2.16. The average Bonchev–Trinajstić information content (AvgIpc) is 2.92. The second-order valence-corrected chi connectivity index (χ2v) is 6.56. The summed E-state index contributed by atoms with van der Waals surface area (Å²) in [4.78, 5) is 4.64. The molecule has 0 aromatic carbocycles.